The molecule has 3 fully saturated rings. The molecule has 3 heteroatoms. The van der Waals surface area contributed by atoms with Gasteiger partial charge >= 0.3 is 0 Å². The summed E-state index contributed by atoms with van der Waals surface area (Å²) in [5.74, 6) is 0. The molecule has 0 aromatic carbocycles. The van der Waals surface area contributed by atoms with Crippen LogP contribution in [0.1, 0.15) is 71.6 Å². The normalized spacial score (nSPS) is 44.9. The highest BCUT2D eigenvalue weighted by Crippen LogP contribution is 2.56. The fraction of sp³-hybridized carbons (Fsp3) is 1.00. The Kier molecular flexibility index (Phi) is 4.79. The van der Waals surface area contributed by atoms with Crippen LogP contribution in [0, 0.1) is 5.41 Å². The van der Waals surface area contributed by atoms with Crippen LogP contribution in [0.4, 0.5) is 0 Å². The van der Waals surface area contributed by atoms with Gasteiger partial charge in [-0.1, -0.05) is 41.6 Å². The van der Waals surface area contributed by atoms with Gasteiger partial charge in [0.25, 0.3) is 0 Å². The van der Waals surface area contributed by atoms with Crippen LogP contribution < -0.4 is 0 Å². The van der Waals surface area contributed by atoms with Crippen LogP contribution in [0.5, 0.6) is 0 Å². The minimum Gasteiger partial charge on any atom is -0.375 e. The predicted octanol–water partition coefficient (Wildman–Crippen LogP) is 4.84. The van der Waals surface area contributed by atoms with E-state index in [1.807, 2.05) is 0 Å². The monoisotopic (exact) mass is 344 g/mol. The number of alkyl halides is 1. The second-order valence-corrected chi connectivity index (χ2v) is 8.43. The van der Waals surface area contributed by atoms with Gasteiger partial charge in [-0.3, -0.25) is 0 Å². The van der Waals surface area contributed by atoms with Crippen molar-refractivity contribution < 1.29 is 9.47 Å². The van der Waals surface area contributed by atoms with Crippen molar-refractivity contribution in [2.75, 3.05) is 0 Å². The van der Waals surface area contributed by atoms with Gasteiger partial charge in [-0.05, 0) is 46.0 Å². The summed E-state index contributed by atoms with van der Waals surface area (Å²) < 4.78 is 12.4. The van der Waals surface area contributed by atoms with Crippen molar-refractivity contribution in [3.8, 4) is 0 Å². The van der Waals surface area contributed by atoms with Crippen LogP contribution in [0.2, 0.25) is 0 Å². The lowest BCUT2D eigenvalue weighted by atomic mass is 9.61. The van der Waals surface area contributed by atoms with Gasteiger partial charge in [0, 0.05) is 10.2 Å². The summed E-state index contributed by atoms with van der Waals surface area (Å²) in [6, 6.07) is 0. The zero-order valence-corrected chi connectivity index (χ0v) is 14.5. The molecule has 0 radical (unpaired) electrons. The SMILES string of the molecule is CC1CC(OC2CC(Br)C23CCCCCC3)CC(C)O1. The van der Waals surface area contributed by atoms with Crippen molar-refractivity contribution in [3.05, 3.63) is 0 Å². The molecule has 0 aromatic heterocycles. The van der Waals surface area contributed by atoms with Crippen molar-refractivity contribution in [1.82, 2.24) is 0 Å². The molecular weight excluding hydrogens is 316 g/mol. The van der Waals surface area contributed by atoms with Gasteiger partial charge in [-0.2, -0.15) is 0 Å². The van der Waals surface area contributed by atoms with Crippen LogP contribution in [0.15, 0.2) is 0 Å². The number of halogens is 1. The molecule has 3 aliphatic rings. The maximum atomic E-state index is 6.58. The lowest BCUT2D eigenvalue weighted by molar-refractivity contribution is -0.180. The molecule has 1 saturated heterocycles. The molecular formula is C17H29BrO2. The second-order valence-electron chi connectivity index (χ2n) is 7.33. The fourth-order valence-electron chi connectivity index (χ4n) is 4.60. The molecule has 4 atom stereocenters. The van der Waals surface area contributed by atoms with E-state index in [-0.39, 0.29) is 0 Å². The quantitative estimate of drug-likeness (QED) is 0.667. The smallest absolute Gasteiger partial charge is 0.0656 e. The van der Waals surface area contributed by atoms with Crippen molar-refractivity contribution in [2.45, 2.75) is 101 Å². The Labute approximate surface area is 132 Å². The number of hydrogen-bond acceptors (Lipinski definition) is 2. The molecule has 1 heterocycles. The summed E-state index contributed by atoms with van der Waals surface area (Å²) in [5.41, 5.74) is 0.446. The van der Waals surface area contributed by atoms with E-state index in [2.05, 4.69) is 29.8 Å². The Balaban J connectivity index is 1.62. The van der Waals surface area contributed by atoms with Gasteiger partial charge in [0.2, 0.25) is 0 Å². The lowest BCUT2D eigenvalue weighted by Gasteiger charge is -2.55. The molecule has 20 heavy (non-hydrogen) atoms. The third-order valence-corrected chi connectivity index (χ3v) is 7.02. The summed E-state index contributed by atoms with van der Waals surface area (Å²) in [6.45, 7) is 4.36. The van der Waals surface area contributed by atoms with E-state index in [0.29, 0.717) is 34.7 Å². The molecule has 0 N–H and O–H groups in total. The molecule has 116 valence electrons. The molecule has 1 spiro atoms. The highest BCUT2D eigenvalue weighted by atomic mass is 79.9. The minimum atomic E-state index is 0.355. The van der Waals surface area contributed by atoms with Crippen molar-refractivity contribution >= 4 is 15.9 Å². The van der Waals surface area contributed by atoms with E-state index in [1.54, 1.807) is 0 Å². The third-order valence-electron chi connectivity index (χ3n) is 5.73. The summed E-state index contributed by atoms with van der Waals surface area (Å²) in [7, 11) is 0. The Bertz CT molecular complexity index is 315. The molecule has 2 aliphatic carbocycles. The number of hydrogen-bond donors (Lipinski definition) is 0. The zero-order valence-electron chi connectivity index (χ0n) is 12.9. The Morgan fingerprint density at radius 3 is 2.10 bits per heavy atom. The Hall–Kier alpha value is 0.400. The first-order valence-corrected chi connectivity index (χ1v) is 9.47. The maximum Gasteiger partial charge on any atom is 0.0656 e. The van der Waals surface area contributed by atoms with Gasteiger partial charge in [-0.15, -0.1) is 0 Å². The number of ether oxygens (including phenoxy) is 2. The van der Waals surface area contributed by atoms with E-state index in [4.69, 9.17) is 9.47 Å². The van der Waals surface area contributed by atoms with E-state index in [9.17, 15) is 0 Å². The highest BCUT2D eigenvalue weighted by molar-refractivity contribution is 9.09. The van der Waals surface area contributed by atoms with Gasteiger partial charge in [-0.25, -0.2) is 0 Å². The molecule has 1 aliphatic heterocycles. The molecule has 4 unspecified atom stereocenters. The Morgan fingerprint density at radius 1 is 0.950 bits per heavy atom. The number of rotatable bonds is 2. The van der Waals surface area contributed by atoms with Crippen molar-refractivity contribution in [2.24, 2.45) is 5.41 Å². The first kappa shape index (κ1) is 15.3. The van der Waals surface area contributed by atoms with Crippen LogP contribution >= 0.6 is 15.9 Å². The largest absolute Gasteiger partial charge is 0.375 e. The van der Waals surface area contributed by atoms with Crippen LogP contribution in [0.25, 0.3) is 0 Å². The molecule has 3 rings (SSSR count). The van der Waals surface area contributed by atoms with Gasteiger partial charge in [0.1, 0.15) is 0 Å². The van der Waals surface area contributed by atoms with Crippen molar-refractivity contribution in [1.29, 1.82) is 0 Å². The summed E-state index contributed by atoms with van der Waals surface area (Å²) in [4.78, 5) is 0.688. The first-order chi connectivity index (χ1) is 9.60. The average molecular weight is 345 g/mol. The van der Waals surface area contributed by atoms with Crippen LogP contribution in [-0.4, -0.2) is 29.2 Å². The lowest BCUT2D eigenvalue weighted by Crippen LogP contribution is -2.57. The predicted molar refractivity (Wildman–Crippen MR) is 85.4 cm³/mol. The van der Waals surface area contributed by atoms with E-state index in [0.717, 1.165) is 12.8 Å². The van der Waals surface area contributed by atoms with Crippen LogP contribution in [-0.2, 0) is 9.47 Å². The van der Waals surface area contributed by atoms with Crippen molar-refractivity contribution in [3.63, 3.8) is 0 Å². The summed E-state index contributed by atoms with van der Waals surface area (Å²) in [6.07, 6.45) is 13.3. The van der Waals surface area contributed by atoms with E-state index < -0.39 is 0 Å². The Morgan fingerprint density at radius 2 is 1.55 bits per heavy atom. The standard InChI is InChI=1S/C17H29BrO2/c1-12-9-14(10-13(2)19-12)20-16-11-15(18)17(16)7-5-3-4-6-8-17/h12-16H,3-11H2,1-2H3. The van der Waals surface area contributed by atoms with E-state index >= 15 is 0 Å². The minimum absolute atomic E-state index is 0.355. The summed E-state index contributed by atoms with van der Waals surface area (Å²) >= 11 is 3.94. The zero-order chi connectivity index (χ0) is 14.2. The maximum absolute atomic E-state index is 6.58. The highest BCUT2D eigenvalue weighted by Gasteiger charge is 2.54. The third kappa shape index (κ3) is 2.96. The van der Waals surface area contributed by atoms with Gasteiger partial charge in [0.15, 0.2) is 0 Å². The van der Waals surface area contributed by atoms with Gasteiger partial charge in [0.05, 0.1) is 24.4 Å². The van der Waals surface area contributed by atoms with E-state index in [1.165, 1.54) is 44.9 Å². The first-order valence-electron chi connectivity index (χ1n) is 8.55. The molecule has 0 aromatic rings. The molecule has 2 nitrogen and oxygen atoms in total. The fourth-order valence-corrected chi connectivity index (χ4v) is 5.69. The average Bonchev–Trinajstić information content (AvgIpc) is 2.65. The topological polar surface area (TPSA) is 18.5 Å². The summed E-state index contributed by atoms with van der Waals surface area (Å²) in [5, 5.41) is 0. The second kappa shape index (κ2) is 6.26. The van der Waals surface area contributed by atoms with Crippen LogP contribution in [0.3, 0.4) is 0 Å². The molecule has 0 amide bonds. The van der Waals surface area contributed by atoms with Gasteiger partial charge < -0.3 is 9.47 Å². The molecule has 2 saturated carbocycles. The molecule has 0 bridgehead atoms.